The Morgan fingerprint density at radius 1 is 1.08 bits per heavy atom. The van der Waals surface area contributed by atoms with Crippen molar-refractivity contribution in [2.24, 2.45) is 0 Å². The van der Waals surface area contributed by atoms with E-state index in [1.165, 1.54) is 29.8 Å². The second-order valence-corrected chi connectivity index (χ2v) is 13.7. The highest BCUT2D eigenvalue weighted by Crippen LogP contribution is 2.49. The molecule has 2 aliphatic heterocycles. The number of rotatable bonds is 9. The first-order chi connectivity index (χ1) is 25.8. The summed E-state index contributed by atoms with van der Waals surface area (Å²) in [6.07, 6.45) is 0.915. The summed E-state index contributed by atoms with van der Waals surface area (Å²) < 4.78 is 45.1. The number of ether oxygens (including phenoxy) is 5. The number of aromatic nitrogens is 2. The summed E-state index contributed by atoms with van der Waals surface area (Å²) in [5.41, 5.74) is 4.27. The standard InChI is InChI=1S/C41H34ClFN2O7S/c1-3-17-48-21-30-22-49-29-13-15-32(50-20-25-7-5-4-6-8-25)27(18-29)19-34(41(46)47)52-39-36-35(31-14-16-33(51-30)37(42)24(31)2)38(53-40(36)45-23-44-39)26-9-11-28(43)12-10-26/h3-16,18,23,30,34H,1,17,19-22H2,2H3,(H,46,47)/t30-,34-/m1/s1. The first-order valence-corrected chi connectivity index (χ1v) is 18.0. The van der Waals surface area contributed by atoms with E-state index in [0.717, 1.165) is 16.0 Å². The molecule has 2 atom stereocenters. The minimum atomic E-state index is -1.39. The highest BCUT2D eigenvalue weighted by atomic mass is 35.5. The van der Waals surface area contributed by atoms with E-state index < -0.39 is 18.2 Å². The van der Waals surface area contributed by atoms with Gasteiger partial charge in [-0.05, 0) is 65.6 Å². The number of carboxylic acid groups (broad SMARTS) is 1. The molecule has 0 saturated carbocycles. The Hall–Kier alpha value is -5.49. The topological polar surface area (TPSA) is 109 Å². The monoisotopic (exact) mass is 752 g/mol. The molecule has 12 heteroatoms. The molecule has 0 amide bonds. The lowest BCUT2D eigenvalue weighted by Gasteiger charge is -2.22. The molecule has 2 aliphatic rings. The van der Waals surface area contributed by atoms with Crippen molar-refractivity contribution in [1.29, 1.82) is 0 Å². The summed E-state index contributed by atoms with van der Waals surface area (Å²) >= 11 is 8.40. The fourth-order valence-electron chi connectivity index (χ4n) is 6.04. The number of halogens is 2. The van der Waals surface area contributed by atoms with Gasteiger partial charge < -0.3 is 28.8 Å². The predicted molar refractivity (Wildman–Crippen MR) is 202 cm³/mol. The van der Waals surface area contributed by atoms with Crippen LogP contribution in [-0.4, -0.2) is 53.1 Å². The molecule has 0 aliphatic carbocycles. The summed E-state index contributed by atoms with van der Waals surface area (Å²) in [7, 11) is 0. The Bertz CT molecular complexity index is 2270. The number of aliphatic carboxylic acids is 1. The molecule has 8 rings (SSSR count). The van der Waals surface area contributed by atoms with Crippen LogP contribution in [0.2, 0.25) is 5.02 Å². The van der Waals surface area contributed by atoms with Crippen LogP contribution in [0.15, 0.2) is 104 Å². The lowest BCUT2D eigenvalue weighted by Crippen LogP contribution is -2.31. The molecule has 4 heterocycles. The predicted octanol–water partition coefficient (Wildman–Crippen LogP) is 9.12. The van der Waals surface area contributed by atoms with Gasteiger partial charge in [0.05, 0.1) is 23.6 Å². The molecule has 0 saturated heterocycles. The van der Waals surface area contributed by atoms with Crippen molar-refractivity contribution in [3.05, 3.63) is 131 Å². The summed E-state index contributed by atoms with van der Waals surface area (Å²) in [5, 5.41) is 11.4. The van der Waals surface area contributed by atoms with Crippen LogP contribution < -0.4 is 18.9 Å². The molecule has 0 spiro atoms. The lowest BCUT2D eigenvalue weighted by atomic mass is 9.96. The largest absolute Gasteiger partial charge is 0.490 e. The van der Waals surface area contributed by atoms with Crippen molar-refractivity contribution in [3.63, 3.8) is 0 Å². The number of hydrogen-bond donors (Lipinski definition) is 1. The fraction of sp³-hybridized carbons (Fsp3) is 0.195. The summed E-state index contributed by atoms with van der Waals surface area (Å²) in [6, 6.07) is 24.7. The van der Waals surface area contributed by atoms with Gasteiger partial charge in [0.1, 0.15) is 47.4 Å². The van der Waals surface area contributed by atoms with Crippen LogP contribution in [0.5, 0.6) is 23.1 Å². The molecular formula is C41H34ClFN2O7S. The average Bonchev–Trinajstić information content (AvgIpc) is 3.55. The SMILES string of the molecule is C=CCOC[C@@H]1COc2ccc(OCc3ccccc3)c(c2)C[C@H](C(=O)O)Oc2ncnc3sc(-c4ccc(F)cc4)c(c23)-c2ccc(c(Cl)c2C)O1. The molecule has 4 aromatic carbocycles. The number of hydrogen-bond acceptors (Lipinski definition) is 9. The lowest BCUT2D eigenvalue weighted by molar-refractivity contribution is -0.145. The van der Waals surface area contributed by atoms with Gasteiger partial charge in [0, 0.05) is 22.4 Å². The first-order valence-electron chi connectivity index (χ1n) is 16.8. The highest BCUT2D eigenvalue weighted by Gasteiger charge is 2.29. The molecule has 270 valence electrons. The van der Waals surface area contributed by atoms with E-state index in [1.54, 1.807) is 42.5 Å². The van der Waals surface area contributed by atoms with Crippen molar-refractivity contribution in [2.45, 2.75) is 32.2 Å². The molecule has 1 N–H and O–H groups in total. The Kier molecular flexibility index (Phi) is 10.9. The third kappa shape index (κ3) is 7.97. The molecule has 0 unspecified atom stereocenters. The summed E-state index contributed by atoms with van der Waals surface area (Å²) in [5.74, 6) is -0.167. The van der Waals surface area contributed by atoms with Gasteiger partial charge in [-0.2, -0.15) is 0 Å². The van der Waals surface area contributed by atoms with Crippen LogP contribution in [0.25, 0.3) is 31.8 Å². The van der Waals surface area contributed by atoms with Gasteiger partial charge in [-0.15, -0.1) is 17.9 Å². The van der Waals surface area contributed by atoms with Gasteiger partial charge in [-0.1, -0.05) is 66.2 Å². The number of thiophene rings is 1. The fourth-order valence-corrected chi connectivity index (χ4v) is 7.40. The molecule has 0 fully saturated rings. The maximum atomic E-state index is 14.1. The minimum Gasteiger partial charge on any atom is -0.490 e. The quantitative estimate of drug-likeness (QED) is 0.114. The Balaban J connectivity index is 1.39. The number of benzene rings is 4. The highest BCUT2D eigenvalue weighted by molar-refractivity contribution is 7.22. The van der Waals surface area contributed by atoms with E-state index in [0.29, 0.717) is 61.3 Å². The first kappa shape index (κ1) is 35.9. The van der Waals surface area contributed by atoms with E-state index in [1.807, 2.05) is 43.3 Å². The minimum absolute atomic E-state index is 0.0702. The molecule has 6 aromatic rings. The maximum absolute atomic E-state index is 14.1. The summed E-state index contributed by atoms with van der Waals surface area (Å²) in [4.78, 5) is 23.3. The van der Waals surface area contributed by atoms with Crippen molar-refractivity contribution >= 4 is 39.1 Å². The van der Waals surface area contributed by atoms with Gasteiger partial charge in [-0.25, -0.2) is 19.2 Å². The molecular weight excluding hydrogens is 719 g/mol. The average molecular weight is 753 g/mol. The van der Waals surface area contributed by atoms with E-state index in [-0.39, 0.29) is 37.9 Å². The van der Waals surface area contributed by atoms with Crippen molar-refractivity contribution in [1.82, 2.24) is 9.97 Å². The smallest absolute Gasteiger partial charge is 0.345 e. The van der Waals surface area contributed by atoms with E-state index in [9.17, 15) is 14.3 Å². The Labute approximate surface area is 314 Å². The number of carbonyl (C=O) groups is 1. The van der Waals surface area contributed by atoms with Crippen LogP contribution in [0, 0.1) is 12.7 Å². The van der Waals surface area contributed by atoms with Gasteiger partial charge in [0.15, 0.2) is 6.10 Å². The van der Waals surface area contributed by atoms with Crippen LogP contribution in [-0.2, 0) is 22.6 Å². The van der Waals surface area contributed by atoms with Crippen LogP contribution in [0.3, 0.4) is 0 Å². The van der Waals surface area contributed by atoms with Crippen molar-refractivity contribution in [3.8, 4) is 44.7 Å². The van der Waals surface area contributed by atoms with Gasteiger partial charge in [0.25, 0.3) is 0 Å². The van der Waals surface area contributed by atoms with E-state index >= 15 is 0 Å². The second kappa shape index (κ2) is 16.0. The molecule has 2 aromatic heterocycles. The van der Waals surface area contributed by atoms with Crippen LogP contribution >= 0.6 is 22.9 Å². The second-order valence-electron chi connectivity index (χ2n) is 12.3. The Morgan fingerprint density at radius 2 is 1.89 bits per heavy atom. The normalized spacial score (nSPS) is 15.5. The van der Waals surface area contributed by atoms with Gasteiger partial charge in [0.2, 0.25) is 12.0 Å². The van der Waals surface area contributed by atoms with Crippen molar-refractivity contribution < 1.29 is 38.0 Å². The summed E-state index contributed by atoms with van der Waals surface area (Å²) in [6.45, 7) is 6.42. The van der Waals surface area contributed by atoms with Crippen molar-refractivity contribution in [2.75, 3.05) is 19.8 Å². The zero-order valence-electron chi connectivity index (χ0n) is 28.6. The van der Waals surface area contributed by atoms with Gasteiger partial charge >= 0.3 is 5.97 Å². The van der Waals surface area contributed by atoms with E-state index in [2.05, 4.69) is 16.5 Å². The van der Waals surface area contributed by atoms with Gasteiger partial charge in [-0.3, -0.25) is 0 Å². The Morgan fingerprint density at radius 3 is 2.66 bits per heavy atom. The molecule has 0 radical (unpaired) electrons. The zero-order valence-corrected chi connectivity index (χ0v) is 30.2. The van der Waals surface area contributed by atoms with Crippen LogP contribution in [0.4, 0.5) is 4.39 Å². The molecule has 53 heavy (non-hydrogen) atoms. The molecule has 9 nitrogen and oxygen atoms in total. The van der Waals surface area contributed by atoms with Crippen LogP contribution in [0.1, 0.15) is 16.7 Å². The third-order valence-corrected chi connectivity index (χ3v) is 10.3. The number of fused-ring (bicyclic) bond motifs is 7. The maximum Gasteiger partial charge on any atom is 0.345 e. The number of carboxylic acids is 1. The number of nitrogens with zero attached hydrogens (tertiary/aromatic N) is 2. The zero-order chi connectivity index (χ0) is 36.9. The molecule has 4 bridgehead atoms. The third-order valence-electron chi connectivity index (χ3n) is 8.65. The van der Waals surface area contributed by atoms with E-state index in [4.69, 9.17) is 35.3 Å².